The van der Waals surface area contributed by atoms with Crippen molar-refractivity contribution in [2.75, 3.05) is 6.54 Å². The first-order valence-corrected chi connectivity index (χ1v) is 7.94. The number of carbonyl (C=O) groups is 2. The molecule has 8 heteroatoms. The predicted molar refractivity (Wildman–Crippen MR) is 85.8 cm³/mol. The maximum absolute atomic E-state index is 13.2. The molecule has 0 spiro atoms. The summed E-state index contributed by atoms with van der Waals surface area (Å²) in [6.07, 6.45) is 0.0678. The molecule has 1 aliphatic rings. The summed E-state index contributed by atoms with van der Waals surface area (Å²) in [7, 11) is 0. The highest BCUT2D eigenvalue weighted by Gasteiger charge is 2.37. The van der Waals surface area contributed by atoms with Gasteiger partial charge in [-0.15, -0.1) is 0 Å². The average Bonchev–Trinajstić information content (AvgIpc) is 3.22. The Hall–Kier alpha value is -2.74. The minimum Gasteiger partial charge on any atom is -0.385 e. The Balaban J connectivity index is 2.07. The minimum absolute atomic E-state index is 0.000514. The van der Waals surface area contributed by atoms with Crippen LogP contribution in [0.25, 0.3) is 11.3 Å². The van der Waals surface area contributed by atoms with Crippen molar-refractivity contribution in [3.05, 3.63) is 41.4 Å². The molecule has 1 fully saturated rings. The molecule has 1 aromatic heterocycles. The fourth-order valence-electron chi connectivity index (χ4n) is 3.05. The van der Waals surface area contributed by atoms with Gasteiger partial charge in [0.2, 0.25) is 5.91 Å². The number of primary amides is 1. The van der Waals surface area contributed by atoms with E-state index >= 15 is 0 Å². The van der Waals surface area contributed by atoms with Crippen LogP contribution in [0.3, 0.4) is 0 Å². The van der Waals surface area contributed by atoms with E-state index in [0.717, 1.165) is 0 Å². The number of hydrogen-bond acceptors (Lipinski definition) is 5. The van der Waals surface area contributed by atoms with Crippen LogP contribution >= 0.6 is 0 Å². The number of aromatic nitrogens is 1. The van der Waals surface area contributed by atoms with Gasteiger partial charge in [-0.1, -0.05) is 5.16 Å². The molecular formula is C17H18FN3O4. The van der Waals surface area contributed by atoms with Gasteiger partial charge in [0.05, 0.1) is 0 Å². The fourth-order valence-corrected chi connectivity index (χ4v) is 3.05. The second kappa shape index (κ2) is 6.64. The van der Waals surface area contributed by atoms with E-state index in [2.05, 4.69) is 5.16 Å². The summed E-state index contributed by atoms with van der Waals surface area (Å²) in [5.74, 6) is -1.49. The second-order valence-corrected chi connectivity index (χ2v) is 6.01. The number of nitrogens with zero attached hydrogens (tertiary/aromatic N) is 2. The van der Waals surface area contributed by atoms with Crippen molar-refractivity contribution in [3.63, 3.8) is 0 Å². The Kier molecular flexibility index (Phi) is 4.54. The fraction of sp³-hybridized carbons (Fsp3) is 0.353. The highest BCUT2D eigenvalue weighted by molar-refractivity contribution is 6.03. The number of amides is 2. The van der Waals surface area contributed by atoms with Crippen molar-refractivity contribution >= 4 is 11.8 Å². The molecule has 132 valence electrons. The van der Waals surface area contributed by atoms with Crippen molar-refractivity contribution in [1.82, 2.24) is 10.1 Å². The van der Waals surface area contributed by atoms with Gasteiger partial charge in [0, 0.05) is 12.1 Å². The van der Waals surface area contributed by atoms with Crippen molar-refractivity contribution < 1.29 is 23.6 Å². The van der Waals surface area contributed by atoms with E-state index < -0.39 is 29.8 Å². The molecular weight excluding hydrogens is 329 g/mol. The Labute approximate surface area is 143 Å². The van der Waals surface area contributed by atoms with E-state index in [1.165, 1.54) is 36.1 Å². The quantitative estimate of drug-likeness (QED) is 0.873. The number of nitrogens with two attached hydrogens (primary N) is 1. The van der Waals surface area contributed by atoms with E-state index in [9.17, 15) is 19.1 Å². The number of likely N-dealkylation sites (tertiary alicyclic amines) is 1. The van der Waals surface area contributed by atoms with Crippen LogP contribution in [0.2, 0.25) is 0 Å². The van der Waals surface area contributed by atoms with Gasteiger partial charge in [-0.3, -0.25) is 9.59 Å². The molecule has 2 heterocycles. The third kappa shape index (κ3) is 3.12. The van der Waals surface area contributed by atoms with Crippen LogP contribution in [0.5, 0.6) is 0 Å². The number of hydrogen-bond donors (Lipinski definition) is 2. The van der Waals surface area contributed by atoms with Crippen LogP contribution in [0, 0.1) is 5.82 Å². The van der Waals surface area contributed by atoms with Crippen LogP contribution in [0.1, 0.15) is 42.0 Å². The van der Waals surface area contributed by atoms with Crippen molar-refractivity contribution in [3.8, 4) is 11.3 Å². The Morgan fingerprint density at radius 3 is 2.68 bits per heavy atom. The van der Waals surface area contributed by atoms with Gasteiger partial charge in [0.15, 0.2) is 5.76 Å². The van der Waals surface area contributed by atoms with Crippen molar-refractivity contribution in [1.29, 1.82) is 0 Å². The molecule has 25 heavy (non-hydrogen) atoms. The van der Waals surface area contributed by atoms with Crippen LogP contribution in [-0.4, -0.2) is 39.6 Å². The number of benzene rings is 1. The number of aliphatic hydroxyl groups is 1. The number of carbonyl (C=O) groups excluding carboxylic acids is 2. The van der Waals surface area contributed by atoms with E-state index in [-0.39, 0.29) is 17.0 Å². The smallest absolute Gasteiger partial charge is 0.260 e. The summed E-state index contributed by atoms with van der Waals surface area (Å²) in [6, 6.07) is 4.70. The van der Waals surface area contributed by atoms with Crippen LogP contribution in [0.15, 0.2) is 28.8 Å². The lowest BCUT2D eigenvalue weighted by atomic mass is 10.0. The maximum atomic E-state index is 13.2. The summed E-state index contributed by atoms with van der Waals surface area (Å²) in [6.45, 7) is 1.82. The molecule has 2 unspecified atom stereocenters. The van der Waals surface area contributed by atoms with E-state index in [1.54, 1.807) is 0 Å². The summed E-state index contributed by atoms with van der Waals surface area (Å²) < 4.78 is 18.3. The Bertz CT molecular complexity index is 801. The molecule has 0 aliphatic carbocycles. The first-order valence-electron chi connectivity index (χ1n) is 7.94. The predicted octanol–water partition coefficient (Wildman–Crippen LogP) is 1.62. The van der Waals surface area contributed by atoms with Crippen LogP contribution < -0.4 is 5.73 Å². The third-order valence-corrected chi connectivity index (χ3v) is 4.27. The molecule has 1 saturated heterocycles. The monoisotopic (exact) mass is 347 g/mol. The average molecular weight is 347 g/mol. The zero-order valence-corrected chi connectivity index (χ0v) is 13.6. The second-order valence-electron chi connectivity index (χ2n) is 6.01. The van der Waals surface area contributed by atoms with E-state index in [0.29, 0.717) is 24.9 Å². The van der Waals surface area contributed by atoms with E-state index in [1.807, 2.05) is 0 Å². The largest absolute Gasteiger partial charge is 0.385 e. The number of rotatable bonds is 4. The summed E-state index contributed by atoms with van der Waals surface area (Å²) in [4.78, 5) is 26.0. The summed E-state index contributed by atoms with van der Waals surface area (Å²) >= 11 is 0. The molecule has 3 N–H and O–H groups in total. The van der Waals surface area contributed by atoms with Gasteiger partial charge in [-0.05, 0) is 44.0 Å². The van der Waals surface area contributed by atoms with Gasteiger partial charge < -0.3 is 20.3 Å². The molecule has 0 radical (unpaired) electrons. The molecule has 3 rings (SSSR count). The Morgan fingerprint density at radius 2 is 2.08 bits per heavy atom. The Morgan fingerprint density at radius 1 is 1.40 bits per heavy atom. The summed E-state index contributed by atoms with van der Waals surface area (Å²) in [5, 5.41) is 13.8. The van der Waals surface area contributed by atoms with Crippen molar-refractivity contribution in [2.45, 2.75) is 31.9 Å². The lowest BCUT2D eigenvalue weighted by Crippen LogP contribution is -2.44. The first kappa shape index (κ1) is 17.1. The van der Waals surface area contributed by atoms with Crippen LogP contribution in [-0.2, 0) is 4.79 Å². The molecule has 1 aliphatic heterocycles. The molecule has 2 amide bonds. The van der Waals surface area contributed by atoms with E-state index in [4.69, 9.17) is 10.3 Å². The lowest BCUT2D eigenvalue weighted by Gasteiger charge is -2.22. The molecule has 7 nitrogen and oxygen atoms in total. The van der Waals surface area contributed by atoms with Crippen molar-refractivity contribution in [2.24, 2.45) is 5.73 Å². The molecule has 0 saturated carbocycles. The van der Waals surface area contributed by atoms with Gasteiger partial charge in [-0.2, -0.15) is 0 Å². The molecule has 2 aromatic rings. The molecule has 2 atom stereocenters. The standard InChI is InChI=1S/C17H18FN3O4/c1-9(22)15-13(17(24)21-8-2-3-12(21)16(19)23)14(20-25-15)10-4-6-11(18)7-5-10/h4-7,9,12,22H,2-3,8H2,1H3,(H2,19,23). The van der Waals surface area contributed by atoms with Crippen LogP contribution in [0.4, 0.5) is 4.39 Å². The highest BCUT2D eigenvalue weighted by atomic mass is 19.1. The van der Waals surface area contributed by atoms with Gasteiger partial charge in [-0.25, -0.2) is 4.39 Å². The normalized spacial score (nSPS) is 18.4. The minimum atomic E-state index is -1.07. The highest BCUT2D eigenvalue weighted by Crippen LogP contribution is 2.32. The summed E-state index contributed by atoms with van der Waals surface area (Å²) in [5.41, 5.74) is 6.10. The SMILES string of the molecule is CC(O)c1onc(-c2ccc(F)cc2)c1C(=O)N1CCCC1C(N)=O. The molecule has 1 aromatic carbocycles. The van der Waals surface area contributed by atoms with Gasteiger partial charge in [0.25, 0.3) is 5.91 Å². The van der Waals surface area contributed by atoms with Gasteiger partial charge in [0.1, 0.15) is 29.2 Å². The third-order valence-electron chi connectivity index (χ3n) is 4.27. The zero-order chi connectivity index (χ0) is 18.1. The topological polar surface area (TPSA) is 110 Å². The lowest BCUT2D eigenvalue weighted by molar-refractivity contribution is -0.121. The zero-order valence-electron chi connectivity index (χ0n) is 13.6. The van der Waals surface area contributed by atoms with Gasteiger partial charge >= 0.3 is 0 Å². The molecule has 0 bridgehead atoms. The first-order chi connectivity index (χ1) is 11.9. The number of halogens is 1. The maximum Gasteiger partial charge on any atom is 0.260 e. The number of aliphatic hydroxyl groups excluding tert-OH is 1.